The van der Waals surface area contributed by atoms with E-state index in [-0.39, 0.29) is 57.3 Å². The molecule has 0 aromatic rings. The first-order valence-electron chi connectivity index (χ1n) is 18.8. The summed E-state index contributed by atoms with van der Waals surface area (Å²) in [6.45, 7) is 5.75. The van der Waals surface area contributed by atoms with Gasteiger partial charge in [0.05, 0.1) is 26.2 Å². The predicted molar refractivity (Wildman–Crippen MR) is 185 cm³/mol. The molecule has 0 unspecified atom stereocenters. The molecule has 0 heterocycles. The number of carbonyl (C=O) groups is 3. The Labute approximate surface area is 277 Å². The third-order valence-electron chi connectivity index (χ3n) is 8.46. The zero-order valence-electron chi connectivity index (χ0n) is 29.8. The minimum atomic E-state index is -0.228. The van der Waals surface area contributed by atoms with Crippen molar-refractivity contribution in [1.82, 2.24) is 9.80 Å². The monoisotopic (exact) mass is 641 g/mol. The minimum absolute atomic E-state index is 0.0307. The molecule has 0 rings (SSSR count). The average Bonchev–Trinajstić information content (AvgIpc) is 3.01. The molecule has 0 saturated heterocycles. The number of esters is 2. The van der Waals surface area contributed by atoms with Crippen molar-refractivity contribution < 1.29 is 29.0 Å². The van der Waals surface area contributed by atoms with E-state index in [1.165, 1.54) is 103 Å². The third kappa shape index (κ3) is 30.7. The van der Waals surface area contributed by atoms with Gasteiger partial charge in [-0.2, -0.15) is 0 Å². The highest BCUT2D eigenvalue weighted by Crippen LogP contribution is 2.13. The van der Waals surface area contributed by atoms with E-state index in [0.717, 1.165) is 38.5 Å². The van der Waals surface area contributed by atoms with Gasteiger partial charge in [0.2, 0.25) is 5.91 Å². The number of ether oxygens (including phenoxy) is 2. The van der Waals surface area contributed by atoms with Gasteiger partial charge < -0.3 is 19.5 Å². The summed E-state index contributed by atoms with van der Waals surface area (Å²) in [7, 11) is 1.77. The van der Waals surface area contributed by atoms with Gasteiger partial charge in [0.25, 0.3) is 0 Å². The van der Waals surface area contributed by atoms with Crippen molar-refractivity contribution in [3.05, 3.63) is 0 Å². The molecule has 1 amide bonds. The highest BCUT2D eigenvalue weighted by Gasteiger charge is 2.17. The molecule has 8 nitrogen and oxygen atoms in total. The summed E-state index contributed by atoms with van der Waals surface area (Å²) in [5.74, 6) is -0.600. The van der Waals surface area contributed by atoms with E-state index >= 15 is 0 Å². The second-order valence-corrected chi connectivity index (χ2v) is 12.9. The maximum atomic E-state index is 12.9. The van der Waals surface area contributed by atoms with Gasteiger partial charge in [-0.05, 0) is 19.9 Å². The van der Waals surface area contributed by atoms with Crippen molar-refractivity contribution in [2.45, 2.75) is 168 Å². The van der Waals surface area contributed by atoms with Crippen LogP contribution < -0.4 is 0 Å². The summed E-state index contributed by atoms with van der Waals surface area (Å²) in [4.78, 5) is 40.7. The second-order valence-electron chi connectivity index (χ2n) is 12.9. The number of amides is 1. The number of aliphatic hydroxyl groups excluding tert-OH is 1. The molecule has 0 spiro atoms. The molecule has 0 saturated carbocycles. The first-order valence-corrected chi connectivity index (χ1v) is 18.8. The Morgan fingerprint density at radius 3 is 1.18 bits per heavy atom. The molecule has 0 aromatic heterocycles. The van der Waals surface area contributed by atoms with Gasteiger partial charge in [-0.3, -0.25) is 19.3 Å². The van der Waals surface area contributed by atoms with Gasteiger partial charge in [-0.15, -0.1) is 0 Å². The normalized spacial score (nSPS) is 11.2. The molecule has 0 fully saturated rings. The summed E-state index contributed by atoms with van der Waals surface area (Å²) in [6.07, 6.45) is 27.9. The van der Waals surface area contributed by atoms with Crippen LogP contribution in [0.25, 0.3) is 0 Å². The average molecular weight is 641 g/mol. The van der Waals surface area contributed by atoms with Crippen molar-refractivity contribution in [3.8, 4) is 0 Å². The molecule has 0 aliphatic rings. The molecule has 45 heavy (non-hydrogen) atoms. The van der Waals surface area contributed by atoms with E-state index in [9.17, 15) is 14.4 Å². The first kappa shape index (κ1) is 43.3. The molecule has 0 radical (unpaired) electrons. The lowest BCUT2D eigenvalue weighted by Crippen LogP contribution is -2.43. The van der Waals surface area contributed by atoms with E-state index in [1.807, 2.05) is 0 Å². The van der Waals surface area contributed by atoms with Crippen molar-refractivity contribution in [1.29, 1.82) is 0 Å². The fourth-order valence-corrected chi connectivity index (χ4v) is 5.49. The molecule has 8 heteroatoms. The summed E-state index contributed by atoms with van der Waals surface area (Å²) >= 11 is 0. The van der Waals surface area contributed by atoms with Crippen molar-refractivity contribution in [3.63, 3.8) is 0 Å². The molecular weight excluding hydrogens is 568 g/mol. The number of hydrogen-bond acceptors (Lipinski definition) is 7. The van der Waals surface area contributed by atoms with Gasteiger partial charge in [-0.1, -0.05) is 142 Å². The van der Waals surface area contributed by atoms with E-state index in [4.69, 9.17) is 14.6 Å². The summed E-state index contributed by atoms with van der Waals surface area (Å²) < 4.78 is 10.8. The van der Waals surface area contributed by atoms with Gasteiger partial charge in [0, 0.05) is 19.4 Å². The molecule has 0 bridgehead atoms. The number of rotatable bonds is 34. The molecule has 0 aliphatic carbocycles. The minimum Gasteiger partial charge on any atom is -0.464 e. The molecule has 0 aromatic carbocycles. The lowest BCUT2D eigenvalue weighted by Gasteiger charge is -2.25. The maximum Gasteiger partial charge on any atom is 0.305 e. The SMILES string of the molecule is CCCCCCCCCCCCCC(=O)OCCN(CCOC(=O)CCCCCCCCCCCCC)C(=O)CN(C)CCO. The fraction of sp³-hybridized carbons (Fsp3) is 0.919. The zero-order chi connectivity index (χ0) is 33.2. The van der Waals surface area contributed by atoms with Crippen LogP contribution in [0.3, 0.4) is 0 Å². The van der Waals surface area contributed by atoms with Crippen molar-refractivity contribution in [2.75, 3.05) is 53.0 Å². The largest absolute Gasteiger partial charge is 0.464 e. The Morgan fingerprint density at radius 1 is 0.511 bits per heavy atom. The number of likely N-dealkylation sites (N-methyl/N-ethyl adjacent to an activating group) is 1. The Kier molecular flexibility index (Phi) is 32.4. The fourth-order valence-electron chi connectivity index (χ4n) is 5.49. The van der Waals surface area contributed by atoms with Crippen LogP contribution >= 0.6 is 0 Å². The quantitative estimate of drug-likeness (QED) is 0.0559. The highest BCUT2D eigenvalue weighted by atomic mass is 16.5. The smallest absolute Gasteiger partial charge is 0.305 e. The molecule has 266 valence electrons. The molecule has 0 aliphatic heterocycles. The number of nitrogens with zero attached hydrogens (tertiary/aromatic N) is 2. The lowest BCUT2D eigenvalue weighted by molar-refractivity contribution is -0.148. The second kappa shape index (κ2) is 33.7. The summed E-state index contributed by atoms with van der Waals surface area (Å²) in [6, 6.07) is 0. The highest BCUT2D eigenvalue weighted by molar-refractivity contribution is 5.78. The van der Waals surface area contributed by atoms with E-state index < -0.39 is 0 Å². The van der Waals surface area contributed by atoms with E-state index in [2.05, 4.69) is 13.8 Å². The van der Waals surface area contributed by atoms with Gasteiger partial charge in [0.15, 0.2) is 0 Å². The van der Waals surface area contributed by atoms with Crippen LogP contribution in [0, 0.1) is 0 Å². The number of unbranched alkanes of at least 4 members (excludes halogenated alkanes) is 20. The third-order valence-corrected chi connectivity index (χ3v) is 8.46. The van der Waals surface area contributed by atoms with Crippen LogP contribution in [-0.2, 0) is 23.9 Å². The Balaban J connectivity index is 4.13. The molecule has 0 atom stereocenters. The van der Waals surface area contributed by atoms with Crippen LogP contribution in [0.15, 0.2) is 0 Å². The topological polar surface area (TPSA) is 96.4 Å². The summed E-state index contributed by atoms with van der Waals surface area (Å²) in [5, 5.41) is 9.17. The van der Waals surface area contributed by atoms with E-state index in [1.54, 1.807) is 16.8 Å². The van der Waals surface area contributed by atoms with Gasteiger partial charge in [-0.25, -0.2) is 0 Å². The lowest BCUT2D eigenvalue weighted by atomic mass is 10.1. The standard InChI is InChI=1S/C37H72N2O6/c1-4-6-8-10-12-14-16-18-20-22-24-26-36(42)44-32-29-39(35(41)34-38(3)28-31-40)30-33-45-37(43)27-25-23-21-19-17-15-13-11-9-7-5-2/h40H,4-34H2,1-3H3. The molecular formula is C37H72N2O6. The van der Waals surface area contributed by atoms with Crippen LogP contribution in [0.4, 0.5) is 0 Å². The summed E-state index contributed by atoms with van der Waals surface area (Å²) in [5.41, 5.74) is 0. The Morgan fingerprint density at radius 2 is 0.844 bits per heavy atom. The Hall–Kier alpha value is -1.67. The molecule has 1 N–H and O–H groups in total. The van der Waals surface area contributed by atoms with Gasteiger partial charge >= 0.3 is 11.9 Å². The predicted octanol–water partition coefficient (Wildman–Crippen LogP) is 8.23. The van der Waals surface area contributed by atoms with Crippen LogP contribution in [-0.4, -0.2) is 85.8 Å². The first-order chi connectivity index (χ1) is 21.9. The van der Waals surface area contributed by atoms with Crippen LogP contribution in [0.2, 0.25) is 0 Å². The van der Waals surface area contributed by atoms with Crippen molar-refractivity contribution in [2.24, 2.45) is 0 Å². The number of carbonyl (C=O) groups excluding carboxylic acids is 3. The van der Waals surface area contributed by atoms with E-state index in [0.29, 0.717) is 19.4 Å². The van der Waals surface area contributed by atoms with Crippen LogP contribution in [0.1, 0.15) is 168 Å². The van der Waals surface area contributed by atoms with Crippen LogP contribution in [0.5, 0.6) is 0 Å². The van der Waals surface area contributed by atoms with Crippen molar-refractivity contribution >= 4 is 17.8 Å². The zero-order valence-corrected chi connectivity index (χ0v) is 29.8. The maximum absolute atomic E-state index is 12.9. The Bertz CT molecular complexity index is 646. The van der Waals surface area contributed by atoms with Gasteiger partial charge in [0.1, 0.15) is 13.2 Å². The number of aliphatic hydroxyl groups is 1. The number of hydrogen-bond donors (Lipinski definition) is 1.